The van der Waals surface area contributed by atoms with Gasteiger partial charge in [-0.25, -0.2) is 0 Å². The minimum atomic E-state index is -0.104. The minimum absolute atomic E-state index is 0.0975. The van der Waals surface area contributed by atoms with E-state index in [1.165, 1.54) is 133 Å². The molecule has 0 atom stereocenters. The Hall–Kier alpha value is -6.78. The normalized spacial score (nSPS) is 15.9. The third kappa shape index (κ3) is 5.73. The summed E-state index contributed by atoms with van der Waals surface area (Å²) in [6.45, 7) is 7.05. The van der Waals surface area contributed by atoms with E-state index in [1.807, 2.05) is 0 Å². The molecule has 4 aliphatic rings. The molecule has 8 aromatic carbocycles. The SMILES string of the molecule is Cc1ccc2c(c1)B1c3ccccc3N(c3cccc(-c4ccccc4)c3)c3cc(C4CCCCC4)cc(c31)N2c1ccc(N2c3ccccc3C(C)(C)c3ccccc32)cc1. The van der Waals surface area contributed by atoms with Crippen LogP contribution >= 0.6 is 0 Å². The molecule has 4 heteroatoms. The molecule has 1 fully saturated rings. The second-order valence-corrected chi connectivity index (χ2v) is 18.5. The Balaban J connectivity index is 1.07. The van der Waals surface area contributed by atoms with Crippen molar-refractivity contribution in [2.45, 2.75) is 64.2 Å². The van der Waals surface area contributed by atoms with Gasteiger partial charge in [-0.3, -0.25) is 0 Å². The molecule has 12 rings (SSSR count). The van der Waals surface area contributed by atoms with Gasteiger partial charge in [0.15, 0.2) is 0 Å². The van der Waals surface area contributed by atoms with E-state index >= 15 is 0 Å². The molecule has 0 amide bonds. The molecule has 0 N–H and O–H groups in total. The molecule has 0 unspecified atom stereocenters. The number of hydrogen-bond acceptors (Lipinski definition) is 3. The molecule has 0 bridgehead atoms. The van der Waals surface area contributed by atoms with Gasteiger partial charge in [-0.15, -0.1) is 0 Å². The van der Waals surface area contributed by atoms with Gasteiger partial charge in [-0.2, -0.15) is 0 Å². The molecular weight excluding hydrogens is 749 g/mol. The van der Waals surface area contributed by atoms with Crippen LogP contribution in [0.1, 0.15) is 74.1 Å². The minimum Gasteiger partial charge on any atom is -0.311 e. The maximum absolute atomic E-state index is 2.59. The molecule has 0 spiro atoms. The van der Waals surface area contributed by atoms with Crippen molar-refractivity contribution in [2.75, 3.05) is 14.7 Å². The van der Waals surface area contributed by atoms with Crippen molar-refractivity contribution < 1.29 is 0 Å². The van der Waals surface area contributed by atoms with E-state index in [-0.39, 0.29) is 12.1 Å². The zero-order chi connectivity index (χ0) is 41.5. The molecule has 3 nitrogen and oxygen atoms in total. The molecule has 3 aliphatic heterocycles. The molecule has 62 heavy (non-hydrogen) atoms. The zero-order valence-electron chi connectivity index (χ0n) is 35.9. The summed E-state index contributed by atoms with van der Waals surface area (Å²) in [5, 5.41) is 0. The van der Waals surface area contributed by atoms with Crippen LogP contribution in [-0.2, 0) is 5.41 Å². The summed E-state index contributed by atoms with van der Waals surface area (Å²) in [5.41, 5.74) is 23.0. The fraction of sp³-hybridized carbons (Fsp3) is 0.172. The van der Waals surface area contributed by atoms with Gasteiger partial charge in [-0.05, 0) is 143 Å². The van der Waals surface area contributed by atoms with Crippen LogP contribution in [0.25, 0.3) is 11.1 Å². The van der Waals surface area contributed by atoms with Gasteiger partial charge in [0.1, 0.15) is 0 Å². The van der Waals surface area contributed by atoms with Crippen molar-refractivity contribution in [3.8, 4) is 11.1 Å². The van der Waals surface area contributed by atoms with Crippen LogP contribution in [-0.4, -0.2) is 6.71 Å². The standard InChI is InChI=1S/C58H50BN3/c1-39-29-34-54-50(35-39)59-49-25-12-15-28-53(49)62(46-22-16-21-42(36-46)40-17-6-4-7-18-40)56-38-43(41-19-8-5-9-20-41)37-55(57(56)59)61(54)45-32-30-44(31-33-45)60-51-26-13-10-23-47(51)58(2,3)48-24-11-14-27-52(48)60/h4,6-7,10-18,21-38,41H,5,8-9,19-20H2,1-3H3. The van der Waals surface area contributed by atoms with Gasteiger partial charge < -0.3 is 14.7 Å². The molecule has 1 aliphatic carbocycles. The maximum Gasteiger partial charge on any atom is 0.252 e. The van der Waals surface area contributed by atoms with E-state index in [0.717, 1.165) is 0 Å². The summed E-state index contributed by atoms with van der Waals surface area (Å²) in [5.74, 6) is 0.533. The van der Waals surface area contributed by atoms with Crippen LogP contribution in [0.4, 0.5) is 51.2 Å². The van der Waals surface area contributed by atoms with Gasteiger partial charge in [0.05, 0.1) is 11.4 Å². The fourth-order valence-electron chi connectivity index (χ4n) is 11.5. The van der Waals surface area contributed by atoms with Crippen molar-refractivity contribution in [3.05, 3.63) is 204 Å². The maximum atomic E-state index is 2.59. The molecule has 0 saturated heterocycles. The summed E-state index contributed by atoms with van der Waals surface area (Å²) in [7, 11) is 0. The first-order chi connectivity index (χ1) is 30.4. The average Bonchev–Trinajstić information content (AvgIpc) is 3.32. The highest BCUT2D eigenvalue weighted by atomic mass is 15.2. The predicted molar refractivity (Wildman–Crippen MR) is 263 cm³/mol. The van der Waals surface area contributed by atoms with E-state index in [1.54, 1.807) is 0 Å². The van der Waals surface area contributed by atoms with Crippen LogP contribution in [0.3, 0.4) is 0 Å². The van der Waals surface area contributed by atoms with E-state index < -0.39 is 0 Å². The van der Waals surface area contributed by atoms with Crippen molar-refractivity contribution in [1.29, 1.82) is 0 Å². The zero-order valence-corrected chi connectivity index (χ0v) is 35.9. The molecule has 1 saturated carbocycles. The van der Waals surface area contributed by atoms with Crippen molar-refractivity contribution in [2.24, 2.45) is 0 Å². The quantitative estimate of drug-likeness (QED) is 0.161. The lowest BCUT2D eigenvalue weighted by molar-refractivity contribution is 0.444. The highest BCUT2D eigenvalue weighted by molar-refractivity contribution is 7.00. The van der Waals surface area contributed by atoms with E-state index in [9.17, 15) is 0 Å². The highest BCUT2D eigenvalue weighted by Crippen LogP contribution is 2.53. The number of rotatable bonds is 5. The second kappa shape index (κ2) is 14.4. The number of para-hydroxylation sites is 3. The Morgan fingerprint density at radius 3 is 1.66 bits per heavy atom. The van der Waals surface area contributed by atoms with Crippen molar-refractivity contribution >= 4 is 74.3 Å². The second-order valence-electron chi connectivity index (χ2n) is 18.5. The topological polar surface area (TPSA) is 9.72 Å². The van der Waals surface area contributed by atoms with Gasteiger partial charge in [-0.1, -0.05) is 148 Å². The Kier molecular flexibility index (Phi) is 8.61. The van der Waals surface area contributed by atoms with Crippen LogP contribution in [0.15, 0.2) is 182 Å². The highest BCUT2D eigenvalue weighted by Gasteiger charge is 2.44. The van der Waals surface area contributed by atoms with E-state index in [0.29, 0.717) is 5.92 Å². The van der Waals surface area contributed by atoms with Crippen LogP contribution in [0.5, 0.6) is 0 Å². The lowest BCUT2D eigenvalue weighted by atomic mass is 9.33. The van der Waals surface area contributed by atoms with Crippen LogP contribution < -0.4 is 31.1 Å². The van der Waals surface area contributed by atoms with E-state index in [2.05, 4.69) is 217 Å². The van der Waals surface area contributed by atoms with Crippen molar-refractivity contribution in [1.82, 2.24) is 0 Å². The number of anilines is 9. The third-order valence-electron chi connectivity index (χ3n) is 14.4. The Morgan fingerprint density at radius 2 is 0.984 bits per heavy atom. The third-order valence-corrected chi connectivity index (χ3v) is 14.4. The molecular formula is C58H50BN3. The van der Waals surface area contributed by atoms with Crippen LogP contribution in [0, 0.1) is 6.92 Å². The largest absolute Gasteiger partial charge is 0.311 e. The summed E-state index contributed by atoms with van der Waals surface area (Å²) < 4.78 is 0. The summed E-state index contributed by atoms with van der Waals surface area (Å²) >= 11 is 0. The summed E-state index contributed by atoms with van der Waals surface area (Å²) in [4.78, 5) is 7.64. The summed E-state index contributed by atoms with van der Waals surface area (Å²) in [6.07, 6.45) is 6.39. The lowest BCUT2D eigenvalue weighted by Crippen LogP contribution is -2.61. The first-order valence-corrected chi connectivity index (χ1v) is 22.7. The number of fused-ring (bicyclic) bond motifs is 6. The molecule has 8 aromatic rings. The Labute approximate surface area is 367 Å². The number of aryl methyl sites for hydroxylation is 1. The molecule has 0 radical (unpaired) electrons. The number of nitrogens with zero attached hydrogens (tertiary/aromatic N) is 3. The number of hydrogen-bond donors (Lipinski definition) is 0. The molecule has 300 valence electrons. The van der Waals surface area contributed by atoms with E-state index in [4.69, 9.17) is 0 Å². The molecule has 3 heterocycles. The monoisotopic (exact) mass is 799 g/mol. The first-order valence-electron chi connectivity index (χ1n) is 22.7. The van der Waals surface area contributed by atoms with Gasteiger partial charge in [0.25, 0.3) is 6.71 Å². The first kappa shape index (κ1) is 37.0. The molecule has 0 aromatic heterocycles. The Morgan fingerprint density at radius 1 is 0.435 bits per heavy atom. The predicted octanol–water partition coefficient (Wildman–Crippen LogP) is 13.9. The van der Waals surface area contributed by atoms with Gasteiger partial charge in [0, 0.05) is 45.2 Å². The lowest BCUT2D eigenvalue weighted by Gasteiger charge is -2.45. The number of benzene rings is 8. The van der Waals surface area contributed by atoms with Crippen LogP contribution in [0.2, 0.25) is 0 Å². The Bertz CT molecular complexity index is 2970. The average molecular weight is 800 g/mol. The summed E-state index contributed by atoms with van der Waals surface area (Å²) in [6, 6.07) is 68.8. The smallest absolute Gasteiger partial charge is 0.252 e. The van der Waals surface area contributed by atoms with Crippen molar-refractivity contribution in [3.63, 3.8) is 0 Å². The van der Waals surface area contributed by atoms with Gasteiger partial charge in [0.2, 0.25) is 0 Å². The van der Waals surface area contributed by atoms with Gasteiger partial charge >= 0.3 is 0 Å². The fourth-order valence-corrected chi connectivity index (χ4v) is 11.5.